The van der Waals surface area contributed by atoms with Crippen LogP contribution in [0.4, 0.5) is 4.39 Å². The number of benzene rings is 1. The van der Waals surface area contributed by atoms with Crippen LogP contribution in [0.15, 0.2) is 47.1 Å². The molecule has 1 atom stereocenters. The Bertz CT molecular complexity index is 711. The maximum absolute atomic E-state index is 13.1. The van der Waals surface area contributed by atoms with Gasteiger partial charge in [-0.2, -0.15) is 5.26 Å². The predicted octanol–water partition coefficient (Wildman–Crippen LogP) is 2.64. The second-order valence-electron chi connectivity index (χ2n) is 5.09. The minimum absolute atomic E-state index is 0.0280. The average molecular weight is 284 g/mol. The van der Waals surface area contributed by atoms with E-state index in [2.05, 4.69) is 0 Å². The Balaban J connectivity index is 2.17. The summed E-state index contributed by atoms with van der Waals surface area (Å²) in [4.78, 5) is 12.3. The topological polar surface area (TPSA) is 76.1 Å². The number of ether oxygens (including phenoxy) is 1. The quantitative estimate of drug-likeness (QED) is 0.860. The molecule has 106 valence electrons. The molecule has 1 aromatic carbocycles. The van der Waals surface area contributed by atoms with Crippen LogP contribution in [0.5, 0.6) is 0 Å². The highest BCUT2D eigenvalue weighted by Crippen LogP contribution is 2.43. The molecule has 1 aliphatic heterocycles. The highest BCUT2D eigenvalue weighted by molar-refractivity contribution is 5.99. The molecule has 21 heavy (non-hydrogen) atoms. The van der Waals surface area contributed by atoms with Crippen LogP contribution in [0, 0.1) is 17.1 Å². The van der Waals surface area contributed by atoms with Crippen LogP contribution in [0.25, 0.3) is 0 Å². The van der Waals surface area contributed by atoms with Crippen molar-refractivity contribution in [1.82, 2.24) is 0 Å². The van der Waals surface area contributed by atoms with Gasteiger partial charge in [-0.15, -0.1) is 0 Å². The number of nitriles is 1. The molecule has 1 aromatic rings. The second-order valence-corrected chi connectivity index (χ2v) is 5.09. The van der Waals surface area contributed by atoms with Gasteiger partial charge in [0, 0.05) is 18.4 Å². The normalized spacial score (nSPS) is 21.7. The summed E-state index contributed by atoms with van der Waals surface area (Å²) in [5, 5.41) is 9.35. The van der Waals surface area contributed by atoms with Crippen molar-refractivity contribution in [2.45, 2.75) is 25.2 Å². The van der Waals surface area contributed by atoms with Crippen molar-refractivity contribution in [2.75, 3.05) is 0 Å². The maximum atomic E-state index is 13.1. The number of hydrogen-bond acceptors (Lipinski definition) is 4. The standard InChI is InChI=1S/C16H13FN2O2/c17-10-6-4-9(5-7-10)14-11(8-18)16(19)21-13-3-1-2-12(20)15(13)14/h4-7,14H,1-3,19H2/t14-/m0/s1. The van der Waals surface area contributed by atoms with E-state index >= 15 is 0 Å². The second kappa shape index (κ2) is 5.06. The molecule has 3 rings (SSSR count). The van der Waals surface area contributed by atoms with E-state index in [1.54, 1.807) is 12.1 Å². The number of nitrogens with zero attached hydrogens (tertiary/aromatic N) is 1. The van der Waals surface area contributed by atoms with Gasteiger partial charge < -0.3 is 10.5 Å². The van der Waals surface area contributed by atoms with Crippen LogP contribution < -0.4 is 5.73 Å². The Kier molecular flexibility index (Phi) is 3.22. The van der Waals surface area contributed by atoms with E-state index in [9.17, 15) is 14.4 Å². The Morgan fingerprint density at radius 2 is 2.00 bits per heavy atom. The zero-order chi connectivity index (χ0) is 15.0. The predicted molar refractivity (Wildman–Crippen MR) is 72.9 cm³/mol. The molecular weight excluding hydrogens is 271 g/mol. The van der Waals surface area contributed by atoms with E-state index in [-0.39, 0.29) is 23.1 Å². The molecule has 0 amide bonds. The first-order valence-electron chi connectivity index (χ1n) is 6.71. The molecule has 0 unspecified atom stereocenters. The summed E-state index contributed by atoms with van der Waals surface area (Å²) in [6.45, 7) is 0. The molecule has 0 bridgehead atoms. The van der Waals surface area contributed by atoms with Crippen LogP contribution in [0.3, 0.4) is 0 Å². The van der Waals surface area contributed by atoms with E-state index < -0.39 is 5.92 Å². The third-order valence-corrected chi connectivity index (χ3v) is 3.81. The van der Waals surface area contributed by atoms with Crippen LogP contribution >= 0.6 is 0 Å². The molecule has 1 aliphatic carbocycles. The Morgan fingerprint density at radius 3 is 2.67 bits per heavy atom. The van der Waals surface area contributed by atoms with Crippen molar-refractivity contribution >= 4 is 5.78 Å². The molecule has 2 aliphatic rings. The van der Waals surface area contributed by atoms with Crippen molar-refractivity contribution in [2.24, 2.45) is 5.73 Å². The van der Waals surface area contributed by atoms with Gasteiger partial charge in [0.1, 0.15) is 23.2 Å². The van der Waals surface area contributed by atoms with E-state index in [4.69, 9.17) is 10.5 Å². The maximum Gasteiger partial charge on any atom is 0.205 e. The highest BCUT2D eigenvalue weighted by Gasteiger charge is 2.37. The van der Waals surface area contributed by atoms with Gasteiger partial charge in [-0.25, -0.2) is 4.39 Å². The minimum Gasteiger partial charge on any atom is -0.444 e. The lowest BCUT2D eigenvalue weighted by atomic mass is 9.77. The molecule has 5 heteroatoms. The van der Waals surface area contributed by atoms with Gasteiger partial charge >= 0.3 is 0 Å². The van der Waals surface area contributed by atoms with Crippen molar-refractivity contribution in [1.29, 1.82) is 5.26 Å². The summed E-state index contributed by atoms with van der Waals surface area (Å²) in [5.41, 5.74) is 7.17. The third kappa shape index (κ3) is 2.19. The zero-order valence-corrected chi connectivity index (χ0v) is 11.2. The van der Waals surface area contributed by atoms with Gasteiger partial charge in [-0.05, 0) is 24.1 Å². The van der Waals surface area contributed by atoms with Crippen LogP contribution in [0.2, 0.25) is 0 Å². The van der Waals surface area contributed by atoms with Crippen molar-refractivity contribution in [3.05, 3.63) is 58.4 Å². The smallest absolute Gasteiger partial charge is 0.205 e. The van der Waals surface area contributed by atoms with Crippen molar-refractivity contribution < 1.29 is 13.9 Å². The van der Waals surface area contributed by atoms with Crippen LogP contribution in [-0.2, 0) is 9.53 Å². The molecule has 2 N–H and O–H groups in total. The summed E-state index contributed by atoms with van der Waals surface area (Å²) in [5.74, 6) is -0.402. The van der Waals surface area contributed by atoms with Crippen molar-refractivity contribution in [3.63, 3.8) is 0 Å². The summed E-state index contributed by atoms with van der Waals surface area (Å²) >= 11 is 0. The van der Waals surface area contributed by atoms with E-state index in [1.807, 2.05) is 6.07 Å². The van der Waals surface area contributed by atoms with Gasteiger partial charge in [0.2, 0.25) is 5.88 Å². The van der Waals surface area contributed by atoms with Gasteiger partial charge in [-0.3, -0.25) is 4.79 Å². The molecule has 0 aromatic heterocycles. The number of hydrogen-bond donors (Lipinski definition) is 1. The van der Waals surface area contributed by atoms with Gasteiger partial charge in [0.15, 0.2) is 5.78 Å². The van der Waals surface area contributed by atoms with E-state index in [0.717, 1.165) is 0 Å². The summed E-state index contributed by atoms with van der Waals surface area (Å²) < 4.78 is 18.6. The summed E-state index contributed by atoms with van der Waals surface area (Å²) in [7, 11) is 0. The highest BCUT2D eigenvalue weighted by atomic mass is 19.1. The molecule has 0 fully saturated rings. The van der Waals surface area contributed by atoms with E-state index in [1.165, 1.54) is 12.1 Å². The number of rotatable bonds is 1. The number of halogens is 1. The summed E-state index contributed by atoms with van der Waals surface area (Å²) in [6, 6.07) is 7.78. The summed E-state index contributed by atoms with van der Waals surface area (Å²) in [6.07, 6.45) is 1.76. The lowest BCUT2D eigenvalue weighted by Crippen LogP contribution is -2.27. The number of ketones is 1. The molecular formula is C16H13FN2O2. The molecule has 0 spiro atoms. The molecule has 0 saturated carbocycles. The fourth-order valence-electron chi connectivity index (χ4n) is 2.84. The Labute approximate surface area is 121 Å². The SMILES string of the molecule is N#CC1=C(N)OC2=C(C(=O)CCC2)[C@H]1c1ccc(F)cc1. The first-order valence-corrected chi connectivity index (χ1v) is 6.71. The Hall–Kier alpha value is -2.61. The zero-order valence-electron chi connectivity index (χ0n) is 11.2. The Morgan fingerprint density at radius 1 is 1.29 bits per heavy atom. The van der Waals surface area contributed by atoms with Gasteiger partial charge in [0.05, 0.1) is 5.92 Å². The molecule has 1 heterocycles. The van der Waals surface area contributed by atoms with Crippen LogP contribution in [0.1, 0.15) is 30.7 Å². The first kappa shape index (κ1) is 13.4. The van der Waals surface area contributed by atoms with Gasteiger partial charge in [0.25, 0.3) is 0 Å². The number of nitrogens with two attached hydrogens (primary N) is 1. The van der Waals surface area contributed by atoms with Crippen LogP contribution in [-0.4, -0.2) is 5.78 Å². The van der Waals surface area contributed by atoms with Crippen molar-refractivity contribution in [3.8, 4) is 6.07 Å². The molecule has 0 radical (unpaired) electrons. The average Bonchev–Trinajstić information content (AvgIpc) is 2.47. The number of Topliss-reactive ketones (excluding diaryl/α,β-unsaturated/α-hetero) is 1. The lowest BCUT2D eigenvalue weighted by molar-refractivity contribution is -0.116. The number of carbonyl (C=O) groups is 1. The molecule has 0 saturated heterocycles. The first-order chi connectivity index (χ1) is 10.1. The van der Waals surface area contributed by atoms with Gasteiger partial charge in [-0.1, -0.05) is 12.1 Å². The monoisotopic (exact) mass is 284 g/mol. The largest absolute Gasteiger partial charge is 0.444 e. The van der Waals surface area contributed by atoms with E-state index in [0.29, 0.717) is 36.2 Å². The lowest BCUT2D eigenvalue weighted by Gasteiger charge is -2.30. The molecule has 4 nitrogen and oxygen atoms in total. The third-order valence-electron chi connectivity index (χ3n) is 3.81. The number of allylic oxidation sites excluding steroid dienone is 3. The number of carbonyl (C=O) groups excluding carboxylic acids is 1. The fourth-order valence-corrected chi connectivity index (χ4v) is 2.84. The fraction of sp³-hybridized carbons (Fsp3) is 0.250. The minimum atomic E-state index is -0.563.